The lowest BCUT2D eigenvalue weighted by molar-refractivity contribution is 0.188. The van der Waals surface area contributed by atoms with Gasteiger partial charge in [0.2, 0.25) is 0 Å². The topological polar surface area (TPSA) is 52.9 Å². The molecular weight excluding hydrogens is 442 g/mol. The van der Waals surface area contributed by atoms with Gasteiger partial charge >= 0.3 is 0 Å². The summed E-state index contributed by atoms with van der Waals surface area (Å²) in [7, 11) is 0. The number of nitrogens with zero attached hydrogens (tertiary/aromatic N) is 1. The Hall–Kier alpha value is -2.89. The lowest BCUT2D eigenvalue weighted by atomic mass is 9.86. The minimum Gasteiger partial charge on any atom is -0.508 e. The van der Waals surface area contributed by atoms with E-state index in [1.807, 2.05) is 0 Å². The summed E-state index contributed by atoms with van der Waals surface area (Å²) in [5.74, 6) is 0.125. The second kappa shape index (κ2) is 9.77. The summed E-state index contributed by atoms with van der Waals surface area (Å²) in [6.07, 6.45) is -1.76. The molecule has 5 heteroatoms. The van der Waals surface area contributed by atoms with Gasteiger partial charge < -0.3 is 19.8 Å². The van der Waals surface area contributed by atoms with Gasteiger partial charge in [0.25, 0.3) is 0 Å². The predicted octanol–water partition coefficient (Wildman–Crippen LogP) is 6.74. The van der Waals surface area contributed by atoms with E-state index in [0.717, 1.165) is 13.1 Å². The molecule has 0 radical (unpaired) electrons. The van der Waals surface area contributed by atoms with Gasteiger partial charge in [-0.25, -0.2) is 0 Å². The molecule has 0 bridgehead atoms. The van der Waals surface area contributed by atoms with Gasteiger partial charge in [0.05, 0.1) is 2.74 Å². The van der Waals surface area contributed by atoms with Crippen LogP contribution >= 0.6 is 11.8 Å². The maximum Gasteiger partial charge on any atom is 0.150 e. The summed E-state index contributed by atoms with van der Waals surface area (Å²) in [5, 5.41) is 20.2. The molecule has 34 heavy (non-hydrogen) atoms. The minimum atomic E-state index is -2.56. The molecule has 4 nitrogen and oxygen atoms in total. The highest BCUT2D eigenvalue weighted by Crippen LogP contribution is 2.47. The molecule has 1 saturated heterocycles. The molecular formula is C29H31NO3S. The highest BCUT2D eigenvalue weighted by Gasteiger charge is 2.30. The van der Waals surface area contributed by atoms with E-state index in [1.54, 1.807) is 31.2 Å². The van der Waals surface area contributed by atoms with Gasteiger partial charge in [-0.15, -0.1) is 11.8 Å². The number of benzene rings is 3. The number of allylic oxidation sites excluding steroid dienone is 1. The average Bonchev–Trinajstić information content (AvgIpc) is 2.84. The number of fused-ring (bicyclic) bond motifs is 1. The van der Waals surface area contributed by atoms with Crippen LogP contribution in [0, 0.1) is 0 Å². The summed E-state index contributed by atoms with van der Waals surface area (Å²) in [4.78, 5) is 2.68. The molecule has 2 aliphatic rings. The molecule has 2 aliphatic heterocycles. The Kier molecular flexibility index (Phi) is 4.57. The second-order valence-electron chi connectivity index (χ2n) is 8.52. The van der Waals surface area contributed by atoms with Crippen molar-refractivity contribution in [3.63, 3.8) is 0 Å². The molecule has 5 rings (SSSR count). The van der Waals surface area contributed by atoms with Crippen molar-refractivity contribution in [1.29, 1.82) is 0 Å². The van der Waals surface area contributed by atoms with E-state index in [1.165, 1.54) is 42.1 Å². The fourth-order valence-electron chi connectivity index (χ4n) is 4.27. The molecule has 0 aromatic heterocycles. The zero-order valence-electron chi connectivity index (χ0n) is 25.8. The van der Waals surface area contributed by atoms with Crippen molar-refractivity contribution in [1.82, 2.24) is 4.90 Å². The maximum absolute atomic E-state index is 10.1. The molecule has 1 unspecified atom stereocenters. The van der Waals surface area contributed by atoms with Crippen molar-refractivity contribution in [2.45, 2.75) is 42.8 Å². The summed E-state index contributed by atoms with van der Waals surface area (Å²) >= 11 is 1.46. The Morgan fingerprint density at radius 2 is 1.82 bits per heavy atom. The number of likely N-dealkylation sites (tertiary alicyclic amines) is 1. The van der Waals surface area contributed by atoms with E-state index < -0.39 is 19.3 Å². The van der Waals surface area contributed by atoms with Gasteiger partial charge in [0, 0.05) is 47.3 Å². The number of phenols is 2. The standard InChI is InChI=1S/C29H31NO3S/c1-3-4-15-30-17-25(18-30)34-24-12-7-21(8-13-24)29-28(20-5-9-22(31)10-6-20)19(2)26-14-11-23(32)16-27(26)33-29/h5-14,16,25,29,31-32H,3-4,15,17-18H2,1-2H3/i2D3,3D2,12D,13D. The quantitative estimate of drug-likeness (QED) is 0.392. The van der Waals surface area contributed by atoms with Crippen molar-refractivity contribution >= 4 is 22.9 Å². The SMILES string of the molecule is [2H]c1cc(C2Oc3cc(O)ccc3C(C([2H])([2H])[2H])=C2c2ccc(O)cc2)cc([2H])c1SC1CN(CCC([2H])([2H])C)C1. The molecule has 1 atom stereocenters. The van der Waals surface area contributed by atoms with Crippen LogP contribution in [0.3, 0.4) is 0 Å². The average molecular weight is 481 g/mol. The largest absolute Gasteiger partial charge is 0.508 e. The molecule has 0 aliphatic carbocycles. The van der Waals surface area contributed by atoms with E-state index >= 15 is 0 Å². The number of phenolic OH excluding ortho intramolecular Hbond substituents is 2. The molecule has 0 spiro atoms. The number of thioether (sulfide) groups is 1. The van der Waals surface area contributed by atoms with Crippen molar-refractivity contribution in [3.05, 3.63) is 83.4 Å². The number of hydrogen-bond donors (Lipinski definition) is 2. The van der Waals surface area contributed by atoms with Crippen LogP contribution in [-0.4, -0.2) is 40.0 Å². The third kappa shape index (κ3) is 4.68. The fourth-order valence-corrected chi connectivity index (χ4v) is 5.42. The summed E-state index contributed by atoms with van der Waals surface area (Å²) in [5.41, 5.74) is 1.64. The predicted molar refractivity (Wildman–Crippen MR) is 140 cm³/mol. The molecule has 3 aromatic rings. The van der Waals surface area contributed by atoms with Crippen LogP contribution in [0.2, 0.25) is 0 Å². The Balaban J connectivity index is 1.51. The second-order valence-corrected chi connectivity index (χ2v) is 9.83. The van der Waals surface area contributed by atoms with Crippen LogP contribution < -0.4 is 4.74 Å². The van der Waals surface area contributed by atoms with E-state index in [0.29, 0.717) is 40.1 Å². The van der Waals surface area contributed by atoms with E-state index in [-0.39, 0.29) is 40.2 Å². The zero-order chi connectivity index (χ0) is 29.7. The molecule has 176 valence electrons. The van der Waals surface area contributed by atoms with Gasteiger partial charge in [-0.2, -0.15) is 0 Å². The van der Waals surface area contributed by atoms with Crippen LogP contribution in [0.25, 0.3) is 11.1 Å². The zero-order valence-corrected chi connectivity index (χ0v) is 19.7. The summed E-state index contributed by atoms with van der Waals surface area (Å²) in [6, 6.07) is 13.9. The number of ether oxygens (including phenoxy) is 1. The van der Waals surface area contributed by atoms with Crippen LogP contribution in [0.1, 0.15) is 59.0 Å². The van der Waals surface area contributed by atoms with Gasteiger partial charge in [-0.1, -0.05) is 37.6 Å². The number of hydrogen-bond acceptors (Lipinski definition) is 5. The number of aromatic hydroxyl groups is 2. The molecule has 2 N–H and O–H groups in total. The highest BCUT2D eigenvalue weighted by atomic mass is 32.2. The third-order valence-corrected chi connectivity index (χ3v) is 7.22. The Morgan fingerprint density at radius 1 is 1.09 bits per heavy atom. The van der Waals surface area contributed by atoms with E-state index in [9.17, 15) is 10.2 Å². The van der Waals surface area contributed by atoms with E-state index in [2.05, 4.69) is 4.90 Å². The molecule has 1 fully saturated rings. The summed E-state index contributed by atoms with van der Waals surface area (Å²) in [6.45, 7) is 1.18. The lowest BCUT2D eigenvalue weighted by Gasteiger charge is -2.38. The van der Waals surface area contributed by atoms with Crippen LogP contribution in [0.4, 0.5) is 0 Å². The van der Waals surface area contributed by atoms with Gasteiger partial charge in [0.1, 0.15) is 23.4 Å². The molecule has 0 amide bonds. The van der Waals surface area contributed by atoms with Crippen molar-refractivity contribution < 1.29 is 24.5 Å². The first-order chi connectivity index (χ1) is 19.2. The minimum absolute atomic E-state index is 0.0228. The van der Waals surface area contributed by atoms with Crippen LogP contribution in [-0.2, 0) is 0 Å². The Morgan fingerprint density at radius 3 is 2.53 bits per heavy atom. The van der Waals surface area contributed by atoms with Crippen molar-refractivity contribution in [2.24, 2.45) is 0 Å². The van der Waals surface area contributed by atoms with Gasteiger partial charge in [-0.05, 0) is 72.9 Å². The maximum atomic E-state index is 10.1. The Bertz CT molecular complexity index is 1460. The van der Waals surface area contributed by atoms with E-state index in [4.69, 9.17) is 14.3 Å². The smallest absolute Gasteiger partial charge is 0.150 e. The molecule has 3 aromatic carbocycles. The lowest BCUT2D eigenvalue weighted by Crippen LogP contribution is -2.49. The first-order valence-electron chi connectivity index (χ1n) is 14.7. The fraction of sp³-hybridized carbons (Fsp3) is 0.310. The van der Waals surface area contributed by atoms with Gasteiger partial charge in [-0.3, -0.25) is 0 Å². The van der Waals surface area contributed by atoms with Crippen LogP contribution in [0.5, 0.6) is 17.2 Å². The highest BCUT2D eigenvalue weighted by molar-refractivity contribution is 8.00. The third-order valence-electron chi connectivity index (χ3n) is 6.12. The summed E-state index contributed by atoms with van der Waals surface area (Å²) < 4.78 is 64.4. The monoisotopic (exact) mass is 480 g/mol. The van der Waals surface area contributed by atoms with Crippen molar-refractivity contribution in [2.75, 3.05) is 19.6 Å². The molecule has 2 heterocycles. The molecule has 0 saturated carbocycles. The number of rotatable bonds is 7. The van der Waals surface area contributed by atoms with Crippen molar-refractivity contribution in [3.8, 4) is 17.2 Å². The first kappa shape index (κ1) is 15.9. The normalized spacial score (nSPS) is 22.1. The Labute approximate surface area is 215 Å². The first-order valence-corrected chi connectivity index (χ1v) is 12.1. The van der Waals surface area contributed by atoms with Gasteiger partial charge in [0.15, 0.2) is 0 Å². The van der Waals surface area contributed by atoms with Crippen LogP contribution in [0.15, 0.2) is 71.6 Å².